The summed E-state index contributed by atoms with van der Waals surface area (Å²) in [5, 5.41) is 1.97. The fraction of sp³-hybridized carbons (Fsp3) is 0.200. The number of nitrogens with one attached hydrogen (secondary N) is 1. The molecule has 78 valence electrons. The van der Waals surface area contributed by atoms with E-state index in [4.69, 9.17) is 11.6 Å². The Labute approximate surface area is 95.8 Å². The molecule has 0 saturated heterocycles. The molecule has 0 aliphatic heterocycles. The summed E-state index contributed by atoms with van der Waals surface area (Å²) in [5.74, 6) is 0.781. The van der Waals surface area contributed by atoms with E-state index in [9.17, 15) is 4.79 Å². The van der Waals surface area contributed by atoms with Crippen molar-refractivity contribution in [3.63, 3.8) is 0 Å². The number of nitrogens with zero attached hydrogens (tertiary/aromatic N) is 1. The number of aromatic nitrogens is 2. The van der Waals surface area contributed by atoms with Crippen LogP contribution in [0.15, 0.2) is 22.4 Å². The molecule has 0 aliphatic rings. The molecule has 2 aromatic rings. The van der Waals surface area contributed by atoms with Crippen LogP contribution in [0.3, 0.4) is 0 Å². The first-order valence-electron chi connectivity index (χ1n) is 4.40. The molecule has 2 rings (SSSR count). The van der Waals surface area contributed by atoms with Gasteiger partial charge in [-0.1, -0.05) is 0 Å². The van der Waals surface area contributed by atoms with Gasteiger partial charge >= 0.3 is 0 Å². The van der Waals surface area contributed by atoms with Crippen LogP contribution in [0, 0.1) is 6.92 Å². The van der Waals surface area contributed by atoms with Crippen LogP contribution in [0.1, 0.15) is 10.4 Å². The first-order chi connectivity index (χ1) is 7.20. The van der Waals surface area contributed by atoms with Gasteiger partial charge in [0.25, 0.3) is 5.56 Å². The molecular weight excluding hydrogens is 232 g/mol. The van der Waals surface area contributed by atoms with Crippen LogP contribution < -0.4 is 5.56 Å². The Balaban J connectivity index is 2.47. The minimum absolute atomic E-state index is 0.168. The summed E-state index contributed by atoms with van der Waals surface area (Å²) in [4.78, 5) is 19.5. The highest BCUT2D eigenvalue weighted by Crippen LogP contribution is 2.20. The minimum atomic E-state index is -0.168. The fourth-order valence-electron chi connectivity index (χ4n) is 1.23. The summed E-state index contributed by atoms with van der Waals surface area (Å²) >= 11 is 7.20. The Hall–Kier alpha value is -1.13. The number of hydrogen-bond donors (Lipinski definition) is 1. The molecule has 15 heavy (non-hydrogen) atoms. The number of alkyl halides is 1. The van der Waals surface area contributed by atoms with Crippen molar-refractivity contribution < 1.29 is 0 Å². The van der Waals surface area contributed by atoms with E-state index in [0.717, 1.165) is 5.56 Å². The lowest BCUT2D eigenvalue weighted by molar-refractivity contribution is 1.08. The second kappa shape index (κ2) is 4.16. The molecule has 0 atom stereocenters. The first kappa shape index (κ1) is 10.4. The van der Waals surface area contributed by atoms with Gasteiger partial charge in [-0.3, -0.25) is 4.79 Å². The molecular formula is C10H9ClN2OS. The molecule has 2 aromatic heterocycles. The van der Waals surface area contributed by atoms with Crippen molar-refractivity contribution in [1.29, 1.82) is 0 Å². The Morgan fingerprint density at radius 3 is 2.93 bits per heavy atom. The molecule has 1 N–H and O–H groups in total. The largest absolute Gasteiger partial charge is 0.306 e. The van der Waals surface area contributed by atoms with Crippen molar-refractivity contribution in [3.8, 4) is 11.4 Å². The summed E-state index contributed by atoms with van der Waals surface area (Å²) in [7, 11) is 0. The third-order valence-electron chi connectivity index (χ3n) is 2.02. The van der Waals surface area contributed by atoms with Gasteiger partial charge in [0.15, 0.2) is 0 Å². The van der Waals surface area contributed by atoms with E-state index in [0.29, 0.717) is 11.4 Å². The van der Waals surface area contributed by atoms with Gasteiger partial charge in [0.2, 0.25) is 0 Å². The second-order valence-electron chi connectivity index (χ2n) is 3.17. The third kappa shape index (κ3) is 2.11. The van der Waals surface area contributed by atoms with Gasteiger partial charge in [-0.25, -0.2) is 4.98 Å². The Morgan fingerprint density at radius 1 is 1.60 bits per heavy atom. The topological polar surface area (TPSA) is 45.8 Å². The molecule has 5 heteroatoms. The molecule has 0 aliphatic carbocycles. The highest BCUT2D eigenvalue weighted by atomic mass is 35.5. The number of aryl methyl sites for hydroxylation is 1. The molecule has 0 amide bonds. The lowest BCUT2D eigenvalue weighted by Gasteiger charge is -1.98. The number of hydrogen-bond acceptors (Lipinski definition) is 3. The maximum absolute atomic E-state index is 11.5. The van der Waals surface area contributed by atoms with Crippen molar-refractivity contribution in [2.24, 2.45) is 0 Å². The molecule has 3 nitrogen and oxygen atoms in total. The molecule has 0 aromatic carbocycles. The van der Waals surface area contributed by atoms with Gasteiger partial charge in [-0.2, -0.15) is 0 Å². The zero-order valence-corrected chi connectivity index (χ0v) is 9.65. The highest BCUT2D eigenvalue weighted by Gasteiger charge is 2.05. The monoisotopic (exact) mass is 240 g/mol. The van der Waals surface area contributed by atoms with Crippen molar-refractivity contribution >= 4 is 22.9 Å². The van der Waals surface area contributed by atoms with E-state index in [-0.39, 0.29) is 11.4 Å². The highest BCUT2D eigenvalue weighted by molar-refractivity contribution is 7.10. The lowest BCUT2D eigenvalue weighted by atomic mass is 10.3. The van der Waals surface area contributed by atoms with Crippen LogP contribution in [0.5, 0.6) is 0 Å². The molecule has 0 bridgehead atoms. The van der Waals surface area contributed by atoms with Crippen LogP contribution in [-0.2, 0) is 5.88 Å². The van der Waals surface area contributed by atoms with Crippen molar-refractivity contribution in [2.45, 2.75) is 12.8 Å². The Kier molecular flexibility index (Phi) is 2.88. The summed E-state index contributed by atoms with van der Waals surface area (Å²) in [5.41, 5.74) is 1.27. The van der Waals surface area contributed by atoms with Crippen LogP contribution in [0.2, 0.25) is 0 Å². The van der Waals surface area contributed by atoms with Crippen molar-refractivity contribution in [3.05, 3.63) is 38.4 Å². The molecule has 2 heterocycles. The van der Waals surface area contributed by atoms with Crippen LogP contribution in [-0.4, -0.2) is 9.97 Å². The number of thiophene rings is 1. The fourth-order valence-corrected chi connectivity index (χ4v) is 2.11. The molecule has 0 radical (unpaired) electrons. The zero-order chi connectivity index (χ0) is 10.8. The van der Waals surface area contributed by atoms with E-state index in [1.165, 1.54) is 11.1 Å². The average molecular weight is 241 g/mol. The first-order valence-corrected chi connectivity index (χ1v) is 5.82. The van der Waals surface area contributed by atoms with Crippen molar-refractivity contribution in [1.82, 2.24) is 9.97 Å². The number of H-pyrrole nitrogens is 1. The van der Waals surface area contributed by atoms with Crippen molar-refractivity contribution in [2.75, 3.05) is 0 Å². The van der Waals surface area contributed by atoms with Gasteiger partial charge in [-0.15, -0.1) is 22.9 Å². The summed E-state index contributed by atoms with van der Waals surface area (Å²) in [6.07, 6.45) is 1.52. The predicted octanol–water partition coefficient (Wildman–Crippen LogP) is 2.55. The lowest BCUT2D eigenvalue weighted by Crippen LogP contribution is -2.12. The second-order valence-corrected chi connectivity index (χ2v) is 4.55. The summed E-state index contributed by atoms with van der Waals surface area (Å²) in [6, 6.07) is 1.99. The minimum Gasteiger partial charge on any atom is -0.306 e. The van der Waals surface area contributed by atoms with Gasteiger partial charge in [0.1, 0.15) is 5.82 Å². The van der Waals surface area contributed by atoms with Gasteiger partial charge < -0.3 is 4.98 Å². The van der Waals surface area contributed by atoms with E-state index >= 15 is 0 Å². The molecule has 0 fully saturated rings. The summed E-state index contributed by atoms with van der Waals surface area (Å²) in [6.45, 7) is 2.01. The van der Waals surface area contributed by atoms with Gasteiger partial charge in [0, 0.05) is 22.0 Å². The SMILES string of the molecule is Cc1cc(-c2ncc(CCl)c(=O)[nH]2)cs1. The number of rotatable bonds is 2. The number of halogens is 1. The Bertz CT molecular complexity index is 532. The van der Waals surface area contributed by atoms with E-state index in [1.54, 1.807) is 11.3 Å². The average Bonchev–Trinajstić information content (AvgIpc) is 2.65. The quantitative estimate of drug-likeness (QED) is 0.820. The molecule has 0 unspecified atom stereocenters. The van der Waals surface area contributed by atoms with E-state index in [1.807, 2.05) is 18.4 Å². The van der Waals surface area contributed by atoms with Crippen LogP contribution in [0.25, 0.3) is 11.4 Å². The molecule has 0 spiro atoms. The van der Waals surface area contributed by atoms with Gasteiger partial charge in [-0.05, 0) is 13.0 Å². The standard InChI is InChI=1S/C10H9ClN2OS/c1-6-2-7(5-15-6)9-12-4-8(3-11)10(14)13-9/h2,4-5H,3H2,1H3,(H,12,13,14). The Morgan fingerprint density at radius 2 is 2.40 bits per heavy atom. The van der Waals surface area contributed by atoms with Gasteiger partial charge in [0.05, 0.1) is 11.4 Å². The predicted molar refractivity (Wildman–Crippen MR) is 62.5 cm³/mol. The van der Waals surface area contributed by atoms with E-state index < -0.39 is 0 Å². The summed E-state index contributed by atoms with van der Waals surface area (Å²) < 4.78 is 0. The number of aromatic amines is 1. The maximum Gasteiger partial charge on any atom is 0.255 e. The van der Waals surface area contributed by atoms with Crippen LogP contribution in [0.4, 0.5) is 0 Å². The van der Waals surface area contributed by atoms with Crippen LogP contribution >= 0.6 is 22.9 Å². The van der Waals surface area contributed by atoms with E-state index in [2.05, 4.69) is 9.97 Å². The molecule has 0 saturated carbocycles. The third-order valence-corrected chi connectivity index (χ3v) is 3.17. The maximum atomic E-state index is 11.5. The zero-order valence-electron chi connectivity index (χ0n) is 8.08. The normalized spacial score (nSPS) is 10.5. The smallest absolute Gasteiger partial charge is 0.255 e.